The van der Waals surface area contributed by atoms with Crippen molar-refractivity contribution in [3.05, 3.63) is 18.0 Å². The van der Waals surface area contributed by atoms with Crippen molar-refractivity contribution in [1.82, 2.24) is 15.1 Å². The maximum Gasteiger partial charge on any atom is 0.0630 e. The van der Waals surface area contributed by atoms with E-state index in [-0.39, 0.29) is 0 Å². The van der Waals surface area contributed by atoms with Gasteiger partial charge in [-0.25, -0.2) is 0 Å². The molecule has 4 nitrogen and oxygen atoms in total. The molecule has 1 aliphatic carbocycles. The molecule has 1 N–H and O–H groups in total. The summed E-state index contributed by atoms with van der Waals surface area (Å²) in [5.41, 5.74) is 1.64. The summed E-state index contributed by atoms with van der Waals surface area (Å²) in [6.07, 6.45) is 9.97. The fraction of sp³-hybridized carbons (Fsp3) is 0.824. The molecule has 1 fully saturated rings. The number of nitrogens with one attached hydrogen (secondary N) is 1. The van der Waals surface area contributed by atoms with Gasteiger partial charge in [-0.15, -0.1) is 0 Å². The van der Waals surface area contributed by atoms with Crippen molar-refractivity contribution in [1.29, 1.82) is 0 Å². The van der Waals surface area contributed by atoms with Crippen LogP contribution in [0.2, 0.25) is 0 Å². The standard InChI is InChI=1S/C17H31N3O/c1-15(2)20-11-7-16(19-20)13-17(8-5-4-6-9-17)14-18-10-12-21-3/h7,11,15,18H,4-6,8-10,12-14H2,1-3H3. The Kier molecular flexibility index (Phi) is 6.24. The van der Waals surface area contributed by atoms with Crippen molar-refractivity contribution in [2.24, 2.45) is 5.41 Å². The summed E-state index contributed by atoms with van der Waals surface area (Å²) in [4.78, 5) is 0. The number of hydrogen-bond acceptors (Lipinski definition) is 3. The highest BCUT2D eigenvalue weighted by molar-refractivity contribution is 5.05. The lowest BCUT2D eigenvalue weighted by molar-refractivity contribution is 0.161. The number of rotatable bonds is 8. The zero-order valence-corrected chi connectivity index (χ0v) is 13.9. The van der Waals surface area contributed by atoms with Crippen LogP contribution in [0.4, 0.5) is 0 Å². The fourth-order valence-corrected chi connectivity index (χ4v) is 3.39. The first kappa shape index (κ1) is 16.5. The molecule has 0 bridgehead atoms. The van der Waals surface area contributed by atoms with Crippen molar-refractivity contribution in [2.75, 3.05) is 26.8 Å². The van der Waals surface area contributed by atoms with Gasteiger partial charge in [-0.3, -0.25) is 4.68 Å². The van der Waals surface area contributed by atoms with Gasteiger partial charge in [0, 0.05) is 32.4 Å². The Hall–Kier alpha value is -0.870. The molecule has 0 saturated heterocycles. The second kappa shape index (κ2) is 7.95. The predicted octanol–water partition coefficient (Wildman–Crippen LogP) is 3.19. The minimum atomic E-state index is 0.391. The SMILES string of the molecule is COCCNCC1(Cc2ccn(C(C)C)n2)CCCCC1. The van der Waals surface area contributed by atoms with E-state index in [2.05, 4.69) is 36.1 Å². The van der Waals surface area contributed by atoms with Crippen LogP contribution in [0.15, 0.2) is 12.3 Å². The molecular formula is C17H31N3O. The van der Waals surface area contributed by atoms with Gasteiger partial charge in [0.2, 0.25) is 0 Å². The normalized spacial score (nSPS) is 18.3. The highest BCUT2D eigenvalue weighted by atomic mass is 16.5. The third-order valence-corrected chi connectivity index (χ3v) is 4.65. The first-order valence-electron chi connectivity index (χ1n) is 8.39. The molecule has 1 aromatic rings. The van der Waals surface area contributed by atoms with Crippen LogP contribution in [0.3, 0.4) is 0 Å². The van der Waals surface area contributed by atoms with E-state index in [1.165, 1.54) is 37.8 Å². The minimum Gasteiger partial charge on any atom is -0.383 e. The topological polar surface area (TPSA) is 39.1 Å². The van der Waals surface area contributed by atoms with Crippen molar-refractivity contribution >= 4 is 0 Å². The Morgan fingerprint density at radius 2 is 2.10 bits per heavy atom. The molecule has 1 aliphatic rings. The van der Waals surface area contributed by atoms with Gasteiger partial charge in [0.15, 0.2) is 0 Å². The zero-order chi connectivity index (χ0) is 15.1. The average molecular weight is 293 g/mol. The molecule has 0 unspecified atom stereocenters. The summed E-state index contributed by atoms with van der Waals surface area (Å²) < 4.78 is 7.21. The van der Waals surface area contributed by atoms with Gasteiger partial charge in [-0.05, 0) is 44.6 Å². The van der Waals surface area contributed by atoms with Gasteiger partial charge in [-0.2, -0.15) is 5.10 Å². The van der Waals surface area contributed by atoms with Crippen LogP contribution >= 0.6 is 0 Å². The van der Waals surface area contributed by atoms with Gasteiger partial charge in [0.25, 0.3) is 0 Å². The third-order valence-electron chi connectivity index (χ3n) is 4.65. The minimum absolute atomic E-state index is 0.391. The Morgan fingerprint density at radius 1 is 1.33 bits per heavy atom. The van der Waals surface area contributed by atoms with Crippen molar-refractivity contribution in [3.63, 3.8) is 0 Å². The zero-order valence-electron chi connectivity index (χ0n) is 13.9. The summed E-state index contributed by atoms with van der Waals surface area (Å²) >= 11 is 0. The summed E-state index contributed by atoms with van der Waals surface area (Å²) in [6.45, 7) is 7.18. The Balaban J connectivity index is 1.97. The molecule has 1 aromatic heterocycles. The van der Waals surface area contributed by atoms with Crippen LogP contribution in [0.25, 0.3) is 0 Å². The third kappa shape index (κ3) is 4.82. The second-order valence-corrected chi connectivity index (χ2v) is 6.79. The van der Waals surface area contributed by atoms with Gasteiger partial charge in [0.1, 0.15) is 0 Å². The van der Waals surface area contributed by atoms with Crippen LogP contribution < -0.4 is 5.32 Å². The van der Waals surface area contributed by atoms with Crippen LogP contribution in [0, 0.1) is 5.41 Å². The molecule has 0 aromatic carbocycles. The van der Waals surface area contributed by atoms with Crippen LogP contribution in [-0.4, -0.2) is 36.6 Å². The van der Waals surface area contributed by atoms with Gasteiger partial charge in [-0.1, -0.05) is 19.3 Å². The van der Waals surface area contributed by atoms with E-state index < -0.39 is 0 Å². The highest BCUT2D eigenvalue weighted by Gasteiger charge is 2.32. The summed E-state index contributed by atoms with van der Waals surface area (Å²) in [6, 6.07) is 2.65. The number of nitrogens with zero attached hydrogens (tertiary/aromatic N) is 2. The first-order valence-corrected chi connectivity index (χ1v) is 8.39. The molecule has 21 heavy (non-hydrogen) atoms. The van der Waals surface area contributed by atoms with Crippen LogP contribution in [0.1, 0.15) is 57.7 Å². The number of hydrogen-bond donors (Lipinski definition) is 1. The predicted molar refractivity (Wildman–Crippen MR) is 86.6 cm³/mol. The monoisotopic (exact) mass is 293 g/mol. The van der Waals surface area contributed by atoms with E-state index in [0.29, 0.717) is 11.5 Å². The number of aromatic nitrogens is 2. The second-order valence-electron chi connectivity index (χ2n) is 6.79. The summed E-state index contributed by atoms with van der Waals surface area (Å²) in [5.74, 6) is 0. The van der Waals surface area contributed by atoms with E-state index in [9.17, 15) is 0 Å². The maximum atomic E-state index is 5.13. The molecule has 1 heterocycles. The lowest BCUT2D eigenvalue weighted by atomic mass is 9.71. The number of ether oxygens (including phenoxy) is 1. The lowest BCUT2D eigenvalue weighted by Crippen LogP contribution is -2.39. The van der Waals surface area contributed by atoms with Crippen LogP contribution in [-0.2, 0) is 11.2 Å². The lowest BCUT2D eigenvalue weighted by Gasteiger charge is -2.37. The molecule has 0 amide bonds. The van der Waals surface area contributed by atoms with Crippen molar-refractivity contribution in [3.8, 4) is 0 Å². The van der Waals surface area contributed by atoms with Crippen LogP contribution in [0.5, 0.6) is 0 Å². The quantitative estimate of drug-likeness (QED) is 0.748. The van der Waals surface area contributed by atoms with E-state index in [1.54, 1.807) is 7.11 Å². The van der Waals surface area contributed by atoms with E-state index in [4.69, 9.17) is 9.84 Å². The molecule has 1 saturated carbocycles. The van der Waals surface area contributed by atoms with E-state index >= 15 is 0 Å². The molecular weight excluding hydrogens is 262 g/mol. The highest BCUT2D eigenvalue weighted by Crippen LogP contribution is 2.38. The molecule has 4 heteroatoms. The maximum absolute atomic E-state index is 5.13. The molecule has 0 aliphatic heterocycles. The molecule has 0 radical (unpaired) electrons. The van der Waals surface area contributed by atoms with Gasteiger partial charge < -0.3 is 10.1 Å². The van der Waals surface area contributed by atoms with Crippen molar-refractivity contribution < 1.29 is 4.74 Å². The van der Waals surface area contributed by atoms with Crippen molar-refractivity contribution in [2.45, 2.75) is 58.4 Å². The summed E-state index contributed by atoms with van der Waals surface area (Å²) in [5, 5.41) is 8.34. The summed E-state index contributed by atoms with van der Waals surface area (Å²) in [7, 11) is 1.76. The smallest absolute Gasteiger partial charge is 0.0630 e. The first-order chi connectivity index (χ1) is 10.2. The number of methoxy groups -OCH3 is 1. The molecule has 0 atom stereocenters. The molecule has 2 rings (SSSR count). The van der Waals surface area contributed by atoms with E-state index in [0.717, 1.165) is 26.1 Å². The Labute approximate surface area is 129 Å². The molecule has 120 valence electrons. The average Bonchev–Trinajstić information content (AvgIpc) is 2.93. The fourth-order valence-electron chi connectivity index (χ4n) is 3.39. The van der Waals surface area contributed by atoms with Gasteiger partial charge in [0.05, 0.1) is 12.3 Å². The van der Waals surface area contributed by atoms with E-state index in [1.807, 2.05) is 0 Å². The Morgan fingerprint density at radius 3 is 2.71 bits per heavy atom. The largest absolute Gasteiger partial charge is 0.383 e. The Bertz CT molecular complexity index is 408. The molecule has 0 spiro atoms. The van der Waals surface area contributed by atoms with Gasteiger partial charge >= 0.3 is 0 Å².